The Morgan fingerprint density at radius 3 is 2.53 bits per heavy atom. The minimum Gasteiger partial charge on any atom is -0.316 e. The molecular formula is C34H53BI2N6. The van der Waals surface area contributed by atoms with Gasteiger partial charge in [0.15, 0.2) is 6.29 Å². The Kier molecular flexibility index (Phi) is 9.63. The number of nitrogens with one attached hydrogen (secondary N) is 2. The molecule has 0 aromatic rings. The van der Waals surface area contributed by atoms with E-state index < -0.39 is 0 Å². The number of nitrogens with zero attached hydrogens (tertiary/aromatic N) is 3. The summed E-state index contributed by atoms with van der Waals surface area (Å²) in [7, 11) is 2.38. The second-order valence-corrected chi connectivity index (χ2v) is 21.7. The van der Waals surface area contributed by atoms with Crippen molar-refractivity contribution in [2.24, 2.45) is 28.9 Å². The molecule has 0 radical (unpaired) electrons. The highest BCUT2D eigenvalue weighted by Crippen LogP contribution is 2.49. The topological polar surface area (TPSA) is 59.8 Å². The third kappa shape index (κ3) is 6.60. The van der Waals surface area contributed by atoms with Crippen molar-refractivity contribution in [2.45, 2.75) is 105 Å². The molecule has 0 spiro atoms. The summed E-state index contributed by atoms with van der Waals surface area (Å²) in [5.41, 5.74) is 21.8. The fraction of sp³-hybridized carbons (Fsp3) is 0.706. The zero-order valence-corrected chi connectivity index (χ0v) is 31.5. The van der Waals surface area contributed by atoms with Crippen molar-refractivity contribution < 1.29 is 0 Å². The van der Waals surface area contributed by atoms with Gasteiger partial charge in [-0.25, -0.2) is 0 Å². The molecule has 43 heavy (non-hydrogen) atoms. The maximum atomic E-state index is 7.18. The van der Waals surface area contributed by atoms with Crippen LogP contribution in [0.5, 0.6) is 0 Å². The molecule has 3 fully saturated rings. The van der Waals surface area contributed by atoms with E-state index in [4.69, 9.17) is 5.73 Å². The summed E-state index contributed by atoms with van der Waals surface area (Å²) >= 11 is 5.20. The predicted molar refractivity (Wildman–Crippen MR) is 199 cm³/mol. The predicted octanol–water partition coefficient (Wildman–Crippen LogP) is 6.16. The SMILES string of the molecule is BC1CCN(C(C)C2=CN3C(=CN(C4=CC([C@@H](C5CCC5)[C@H]5NNCC(C)CC5(C)C)=CCC4)C3N)C(C(C)(I)I)=C2)C1. The minimum absolute atomic E-state index is 0.0327. The number of fused-ring (bicyclic) bond motifs is 1. The second-order valence-electron chi connectivity index (χ2n) is 15.3. The van der Waals surface area contributed by atoms with Crippen LogP contribution in [0.2, 0.25) is 5.82 Å². The van der Waals surface area contributed by atoms with Crippen LogP contribution in [0.15, 0.2) is 58.7 Å². The van der Waals surface area contributed by atoms with E-state index in [2.05, 4.69) is 144 Å². The Hall–Kier alpha value is -0.335. The summed E-state index contributed by atoms with van der Waals surface area (Å²) in [6, 6.07) is 0.798. The number of hydrogen-bond acceptors (Lipinski definition) is 6. The third-order valence-electron chi connectivity index (χ3n) is 11.2. The summed E-state index contributed by atoms with van der Waals surface area (Å²) < 4.78 is -0.0327. The maximum Gasteiger partial charge on any atom is 0.162 e. The fourth-order valence-electron chi connectivity index (χ4n) is 8.60. The average molecular weight is 810 g/mol. The van der Waals surface area contributed by atoms with Gasteiger partial charge in [0, 0.05) is 48.2 Å². The van der Waals surface area contributed by atoms with Crippen LogP contribution in [0, 0.1) is 23.2 Å². The van der Waals surface area contributed by atoms with Crippen molar-refractivity contribution in [3.05, 3.63) is 58.7 Å². The number of likely N-dealkylation sites (tertiary alicyclic amines) is 1. The second kappa shape index (κ2) is 12.7. The van der Waals surface area contributed by atoms with Crippen molar-refractivity contribution in [2.75, 3.05) is 19.6 Å². The first-order valence-electron chi connectivity index (χ1n) is 16.8. The van der Waals surface area contributed by atoms with Gasteiger partial charge in [0.1, 0.15) is 7.85 Å². The normalized spacial score (nSPS) is 33.4. The smallest absolute Gasteiger partial charge is 0.162 e. The monoisotopic (exact) mass is 810 g/mol. The molecule has 6 aliphatic rings. The van der Waals surface area contributed by atoms with E-state index in [-0.39, 0.29) is 13.1 Å². The molecule has 4 aliphatic heterocycles. The van der Waals surface area contributed by atoms with Crippen LogP contribution >= 0.6 is 45.2 Å². The first-order valence-corrected chi connectivity index (χ1v) is 19.0. The highest BCUT2D eigenvalue weighted by Gasteiger charge is 2.45. The van der Waals surface area contributed by atoms with Crippen molar-refractivity contribution in [3.8, 4) is 0 Å². The van der Waals surface area contributed by atoms with Gasteiger partial charge in [-0.1, -0.05) is 84.3 Å². The molecule has 6 atom stereocenters. The van der Waals surface area contributed by atoms with Gasteiger partial charge in [0.25, 0.3) is 0 Å². The lowest BCUT2D eigenvalue weighted by atomic mass is 9.62. The molecule has 6 nitrogen and oxygen atoms in total. The number of rotatable bonds is 7. The van der Waals surface area contributed by atoms with Crippen LogP contribution in [0.1, 0.15) is 79.6 Å². The third-order valence-corrected chi connectivity index (χ3v) is 12.4. The molecule has 9 heteroatoms. The Morgan fingerprint density at radius 2 is 1.88 bits per heavy atom. The van der Waals surface area contributed by atoms with Gasteiger partial charge < -0.3 is 9.80 Å². The van der Waals surface area contributed by atoms with Crippen molar-refractivity contribution in [1.29, 1.82) is 0 Å². The molecular weight excluding hydrogens is 757 g/mol. The summed E-state index contributed by atoms with van der Waals surface area (Å²) in [6.45, 7) is 15.5. The van der Waals surface area contributed by atoms with Crippen LogP contribution in [-0.4, -0.2) is 62.0 Å². The lowest BCUT2D eigenvalue weighted by molar-refractivity contribution is 0.104. The van der Waals surface area contributed by atoms with E-state index in [1.54, 1.807) is 0 Å². The molecule has 0 aromatic carbocycles. The van der Waals surface area contributed by atoms with Crippen molar-refractivity contribution in [1.82, 2.24) is 25.6 Å². The van der Waals surface area contributed by atoms with E-state index in [0.29, 0.717) is 23.9 Å². The Bertz CT molecular complexity index is 1230. The van der Waals surface area contributed by atoms with E-state index >= 15 is 0 Å². The first kappa shape index (κ1) is 32.6. The Morgan fingerprint density at radius 1 is 1.12 bits per heavy atom. The van der Waals surface area contributed by atoms with Crippen molar-refractivity contribution in [3.63, 3.8) is 0 Å². The number of halogens is 2. The minimum atomic E-state index is -0.226. The van der Waals surface area contributed by atoms with Crippen LogP contribution in [-0.2, 0) is 0 Å². The van der Waals surface area contributed by atoms with E-state index in [9.17, 15) is 0 Å². The molecule has 236 valence electrons. The molecule has 4 heterocycles. The highest BCUT2D eigenvalue weighted by atomic mass is 127. The van der Waals surface area contributed by atoms with Crippen LogP contribution in [0.4, 0.5) is 0 Å². The van der Waals surface area contributed by atoms with Gasteiger partial charge in [-0.3, -0.25) is 21.5 Å². The summed E-state index contributed by atoms with van der Waals surface area (Å²) in [4.78, 5) is 7.40. The summed E-state index contributed by atoms with van der Waals surface area (Å²) in [6.07, 6.45) is 20.7. The largest absolute Gasteiger partial charge is 0.316 e. The maximum absolute atomic E-state index is 7.18. The van der Waals surface area contributed by atoms with Crippen molar-refractivity contribution >= 4 is 53.0 Å². The van der Waals surface area contributed by atoms with Gasteiger partial charge in [-0.2, -0.15) is 0 Å². The number of alkyl halides is 2. The molecule has 0 amide bonds. The summed E-state index contributed by atoms with van der Waals surface area (Å²) in [5, 5.41) is 0. The van der Waals surface area contributed by atoms with Gasteiger partial charge in [0.05, 0.1) is 7.13 Å². The van der Waals surface area contributed by atoms with E-state index in [1.165, 1.54) is 73.3 Å². The van der Waals surface area contributed by atoms with E-state index in [0.717, 1.165) is 31.1 Å². The van der Waals surface area contributed by atoms with Gasteiger partial charge >= 0.3 is 0 Å². The Labute approximate surface area is 289 Å². The number of nitrogens with two attached hydrogens (primary N) is 1. The number of hydrazine groups is 1. The zero-order valence-electron chi connectivity index (χ0n) is 27.2. The van der Waals surface area contributed by atoms with Crippen LogP contribution in [0.25, 0.3) is 0 Å². The zero-order chi connectivity index (χ0) is 30.7. The van der Waals surface area contributed by atoms with E-state index in [1.807, 2.05) is 0 Å². The molecule has 0 aromatic heterocycles. The lowest BCUT2D eigenvalue weighted by Gasteiger charge is -2.46. The first-order chi connectivity index (χ1) is 20.3. The fourth-order valence-corrected chi connectivity index (χ4v) is 9.47. The molecule has 4 unspecified atom stereocenters. The molecule has 1 saturated carbocycles. The standard InChI is InChI=1S/C34H53BI2N6/c1-21-16-33(3,4)31(40-39-17-21)30(23-8-6-9-23)24-10-7-11-27(14-24)42-20-29-28(34(5,36)37)15-25(18-43(29)32(42)38)22(2)41-13-12-26(35)19-41/h10,14-15,18,20-23,26,30-32,39-40H,6-9,11-13,16-17,19,35,38H2,1-5H3/t21?,22?,26?,30-,31-,32?/m1/s1. The Balaban J connectivity index is 1.30. The average Bonchev–Trinajstić information content (AvgIpc) is 3.46. The van der Waals surface area contributed by atoms with Gasteiger partial charge in [-0.05, 0) is 106 Å². The number of hydrogen-bond donors (Lipinski definition) is 3. The van der Waals surface area contributed by atoms with Crippen LogP contribution in [0.3, 0.4) is 0 Å². The summed E-state index contributed by atoms with van der Waals surface area (Å²) in [5.74, 6) is 2.71. The molecule has 2 saturated heterocycles. The lowest BCUT2D eigenvalue weighted by Crippen LogP contribution is -2.54. The quantitative estimate of drug-likeness (QED) is 0.163. The van der Waals surface area contributed by atoms with Gasteiger partial charge in [-0.15, -0.1) is 0 Å². The molecule has 2 aliphatic carbocycles. The molecule has 0 bridgehead atoms. The highest BCUT2D eigenvalue weighted by molar-refractivity contribution is 14.2. The van der Waals surface area contributed by atoms with Gasteiger partial charge in [0.2, 0.25) is 0 Å². The van der Waals surface area contributed by atoms with Crippen LogP contribution < -0.4 is 16.6 Å². The molecule has 4 N–H and O–H groups in total. The molecule has 6 rings (SSSR count). The number of allylic oxidation sites excluding steroid dienone is 4.